The Morgan fingerprint density at radius 3 is 2.30 bits per heavy atom. The maximum Gasteiger partial charge on any atom is 0.222 e. The third kappa shape index (κ3) is 5.02. The van der Waals surface area contributed by atoms with Crippen molar-refractivity contribution >= 4 is 11.9 Å². The van der Waals surface area contributed by atoms with Crippen molar-refractivity contribution < 1.29 is 4.79 Å². The minimum atomic E-state index is 0.0375. The van der Waals surface area contributed by atoms with E-state index in [1.165, 1.54) is 25.7 Å². The van der Waals surface area contributed by atoms with E-state index < -0.39 is 0 Å². The molecule has 0 aromatic heterocycles. The van der Waals surface area contributed by atoms with Crippen LogP contribution < -0.4 is 16.0 Å². The fourth-order valence-corrected chi connectivity index (χ4v) is 2.39. The summed E-state index contributed by atoms with van der Waals surface area (Å²) in [7, 11) is 1.78. The van der Waals surface area contributed by atoms with Crippen LogP contribution in [0.25, 0.3) is 0 Å². The molecule has 5 nitrogen and oxygen atoms in total. The molecule has 5 heteroatoms. The quantitative estimate of drug-likeness (QED) is 0.377. The van der Waals surface area contributed by atoms with E-state index in [1.54, 1.807) is 7.05 Å². The fourth-order valence-electron chi connectivity index (χ4n) is 2.39. The van der Waals surface area contributed by atoms with Gasteiger partial charge in [-0.05, 0) is 24.7 Å². The molecule has 116 valence electrons. The third-order valence-electron chi connectivity index (χ3n) is 4.26. The van der Waals surface area contributed by atoms with Crippen molar-refractivity contribution in [1.29, 1.82) is 0 Å². The molecule has 1 aliphatic carbocycles. The molecule has 0 radical (unpaired) electrons. The second-order valence-electron chi connectivity index (χ2n) is 6.01. The predicted molar refractivity (Wildman–Crippen MR) is 83.8 cm³/mol. The number of aliphatic imine (C=N–C) groups is 1. The number of rotatable bonds is 7. The van der Waals surface area contributed by atoms with E-state index >= 15 is 0 Å². The number of carbonyl (C=O) groups excluding carboxylic acids is 1. The van der Waals surface area contributed by atoms with E-state index in [2.05, 4.69) is 27.9 Å². The third-order valence-corrected chi connectivity index (χ3v) is 4.26. The summed E-state index contributed by atoms with van der Waals surface area (Å²) in [4.78, 5) is 15.6. The molecule has 1 aliphatic rings. The van der Waals surface area contributed by atoms with Gasteiger partial charge in [-0.25, -0.2) is 0 Å². The molecule has 3 N–H and O–H groups in total. The Hall–Kier alpha value is -1.26. The van der Waals surface area contributed by atoms with E-state index in [0.717, 1.165) is 12.5 Å². The largest absolute Gasteiger partial charge is 0.356 e. The monoisotopic (exact) mass is 282 g/mol. The van der Waals surface area contributed by atoms with Crippen LogP contribution in [0, 0.1) is 11.3 Å². The molecule has 0 saturated heterocycles. The number of nitrogens with zero attached hydrogens (tertiary/aromatic N) is 1. The van der Waals surface area contributed by atoms with Crippen LogP contribution in [0.3, 0.4) is 0 Å². The van der Waals surface area contributed by atoms with Crippen LogP contribution in [-0.2, 0) is 4.79 Å². The van der Waals surface area contributed by atoms with E-state index in [0.29, 0.717) is 18.5 Å². The van der Waals surface area contributed by atoms with E-state index in [4.69, 9.17) is 0 Å². The van der Waals surface area contributed by atoms with Gasteiger partial charge in [0.05, 0.1) is 0 Å². The van der Waals surface area contributed by atoms with Gasteiger partial charge in [-0.1, -0.05) is 27.2 Å². The zero-order valence-corrected chi connectivity index (χ0v) is 13.4. The average molecular weight is 282 g/mol. The Morgan fingerprint density at radius 1 is 1.20 bits per heavy atom. The lowest BCUT2D eigenvalue weighted by molar-refractivity contribution is -0.123. The summed E-state index contributed by atoms with van der Waals surface area (Å²) < 4.78 is 0. The Morgan fingerprint density at radius 2 is 1.85 bits per heavy atom. The first-order chi connectivity index (χ1) is 9.53. The molecule has 0 aliphatic heterocycles. The summed E-state index contributed by atoms with van der Waals surface area (Å²) in [6, 6.07) is 0. The average Bonchev–Trinajstić information content (AvgIpc) is 2.39. The lowest BCUT2D eigenvalue weighted by atomic mass is 9.67. The fraction of sp³-hybridized carbons (Fsp3) is 0.867. The molecule has 1 rings (SSSR count). The summed E-state index contributed by atoms with van der Waals surface area (Å²) in [5.41, 5.74) is 0.476. The van der Waals surface area contributed by atoms with Gasteiger partial charge < -0.3 is 16.0 Å². The van der Waals surface area contributed by atoms with Crippen LogP contribution in [0.2, 0.25) is 0 Å². The normalized spacial score (nSPS) is 17.6. The van der Waals surface area contributed by atoms with Gasteiger partial charge in [0, 0.05) is 32.6 Å². The van der Waals surface area contributed by atoms with Crippen LogP contribution in [0.5, 0.6) is 0 Å². The second kappa shape index (κ2) is 8.12. The number of hydrogen-bond donors (Lipinski definition) is 3. The van der Waals surface area contributed by atoms with Gasteiger partial charge in [-0.2, -0.15) is 0 Å². The van der Waals surface area contributed by atoms with Crippen LogP contribution >= 0.6 is 0 Å². The molecule has 0 spiro atoms. The maximum atomic E-state index is 11.4. The Labute approximate surface area is 123 Å². The lowest BCUT2D eigenvalue weighted by Gasteiger charge is -2.41. The number of hydrogen-bond acceptors (Lipinski definition) is 2. The standard InChI is InChI=1S/C15H30N4O/c1-5-15(7-6-8-15)11-19-14(16-4)18-10-9-17-13(20)12(2)3/h12H,5-11H2,1-4H3,(H,17,20)(H2,16,18,19). The van der Waals surface area contributed by atoms with Crippen LogP contribution in [0.4, 0.5) is 0 Å². The first-order valence-electron chi connectivity index (χ1n) is 7.75. The zero-order chi connectivity index (χ0) is 15.0. The van der Waals surface area contributed by atoms with Gasteiger partial charge in [0.1, 0.15) is 0 Å². The van der Waals surface area contributed by atoms with Gasteiger partial charge in [0.25, 0.3) is 0 Å². The number of amides is 1. The Balaban J connectivity index is 2.19. The van der Waals surface area contributed by atoms with E-state index in [1.807, 2.05) is 13.8 Å². The van der Waals surface area contributed by atoms with Crippen molar-refractivity contribution in [3.63, 3.8) is 0 Å². The molecule has 1 amide bonds. The van der Waals surface area contributed by atoms with Crippen LogP contribution in [0.15, 0.2) is 4.99 Å². The minimum absolute atomic E-state index is 0.0375. The molecule has 20 heavy (non-hydrogen) atoms. The summed E-state index contributed by atoms with van der Waals surface area (Å²) in [6.07, 6.45) is 5.21. The van der Waals surface area contributed by atoms with Crippen molar-refractivity contribution in [1.82, 2.24) is 16.0 Å². The Bertz CT molecular complexity index is 329. The molecule has 0 atom stereocenters. The highest BCUT2D eigenvalue weighted by Gasteiger charge is 2.34. The van der Waals surface area contributed by atoms with Crippen LogP contribution in [0.1, 0.15) is 46.5 Å². The SMILES string of the molecule is CCC1(CNC(=NC)NCCNC(=O)C(C)C)CCC1. The number of carbonyl (C=O) groups is 1. The van der Waals surface area contributed by atoms with Crippen molar-refractivity contribution in [3.05, 3.63) is 0 Å². The Kier molecular flexibility index (Phi) is 6.82. The molecular formula is C15H30N4O. The first-order valence-corrected chi connectivity index (χ1v) is 7.75. The molecule has 0 aromatic rings. The molecule has 0 heterocycles. The molecule has 1 saturated carbocycles. The maximum absolute atomic E-state index is 11.4. The molecular weight excluding hydrogens is 252 g/mol. The summed E-state index contributed by atoms with van der Waals surface area (Å²) in [6.45, 7) is 8.35. The van der Waals surface area contributed by atoms with Crippen molar-refractivity contribution in [2.24, 2.45) is 16.3 Å². The molecule has 0 bridgehead atoms. The van der Waals surface area contributed by atoms with Gasteiger partial charge in [0.15, 0.2) is 5.96 Å². The number of nitrogens with one attached hydrogen (secondary N) is 3. The van der Waals surface area contributed by atoms with Gasteiger partial charge in [-0.3, -0.25) is 9.79 Å². The highest BCUT2D eigenvalue weighted by atomic mass is 16.1. The van der Waals surface area contributed by atoms with Gasteiger partial charge in [0.2, 0.25) is 5.91 Å². The highest BCUT2D eigenvalue weighted by molar-refractivity contribution is 5.80. The summed E-state index contributed by atoms with van der Waals surface area (Å²) >= 11 is 0. The first kappa shape index (κ1) is 16.8. The minimum Gasteiger partial charge on any atom is -0.356 e. The van der Waals surface area contributed by atoms with Gasteiger partial charge >= 0.3 is 0 Å². The van der Waals surface area contributed by atoms with Crippen molar-refractivity contribution in [2.75, 3.05) is 26.7 Å². The smallest absolute Gasteiger partial charge is 0.222 e. The molecule has 0 aromatic carbocycles. The van der Waals surface area contributed by atoms with Crippen LogP contribution in [-0.4, -0.2) is 38.5 Å². The zero-order valence-electron chi connectivity index (χ0n) is 13.4. The second-order valence-corrected chi connectivity index (χ2v) is 6.01. The predicted octanol–water partition coefficient (Wildman–Crippen LogP) is 1.50. The van der Waals surface area contributed by atoms with E-state index in [9.17, 15) is 4.79 Å². The summed E-state index contributed by atoms with van der Waals surface area (Å²) in [5, 5.41) is 9.52. The topological polar surface area (TPSA) is 65.5 Å². The summed E-state index contributed by atoms with van der Waals surface area (Å²) in [5.74, 6) is 0.952. The molecule has 0 unspecified atom stereocenters. The van der Waals surface area contributed by atoms with Gasteiger partial charge in [-0.15, -0.1) is 0 Å². The van der Waals surface area contributed by atoms with E-state index in [-0.39, 0.29) is 11.8 Å². The number of guanidine groups is 1. The highest BCUT2D eigenvalue weighted by Crippen LogP contribution is 2.42. The lowest BCUT2D eigenvalue weighted by Crippen LogP contribution is -2.47. The van der Waals surface area contributed by atoms with Crippen molar-refractivity contribution in [2.45, 2.75) is 46.5 Å². The molecule has 1 fully saturated rings. The van der Waals surface area contributed by atoms with Crippen molar-refractivity contribution in [3.8, 4) is 0 Å².